The molecule has 0 spiro atoms. The van der Waals surface area contributed by atoms with E-state index in [4.69, 9.17) is 4.74 Å². The van der Waals surface area contributed by atoms with Crippen LogP contribution >= 0.6 is 0 Å². The highest BCUT2D eigenvalue weighted by atomic mass is 16.5. The lowest BCUT2D eigenvalue weighted by Gasteiger charge is -2.29. The predicted molar refractivity (Wildman–Crippen MR) is 212 cm³/mol. The van der Waals surface area contributed by atoms with Crippen LogP contribution in [0.15, 0.2) is 42.9 Å². The normalized spacial score (nSPS) is 14.6. The first-order chi connectivity index (χ1) is 26.1. The standard InChI is InChI=1S/C42H62N6O7/c1-10-25(4)37(21-49)45-39(51)19-38(50)34(16-24(2)3)46-40(52)35(17-32-20-43-23-44-32)47-41(53)36(48-42(54)55-22-31-14-12-11-13-15-31)18-33-29(8)27(6)26(5)28(7)30(33)9/h11-15,20,23-25,34-38,49-50H,10,16-19,21-22H2,1-9H3,(H,43,44)(H,45,51)(H,46,52)(H,47,53)(H,48,54)/t25-,34-,35-,36-,37+,38-/m0/s1. The van der Waals surface area contributed by atoms with E-state index < -0.39 is 54.1 Å². The maximum atomic E-state index is 14.3. The molecule has 0 aliphatic heterocycles. The van der Waals surface area contributed by atoms with Gasteiger partial charge in [-0.25, -0.2) is 9.78 Å². The fourth-order valence-corrected chi connectivity index (χ4v) is 6.66. The zero-order valence-electron chi connectivity index (χ0n) is 33.9. The number of aromatic amines is 1. The van der Waals surface area contributed by atoms with Gasteiger partial charge in [0.25, 0.3) is 0 Å². The van der Waals surface area contributed by atoms with Crippen molar-refractivity contribution in [3.8, 4) is 0 Å². The quantitative estimate of drug-likeness (QED) is 0.0884. The Morgan fingerprint density at radius 1 is 0.800 bits per heavy atom. The monoisotopic (exact) mass is 762 g/mol. The highest BCUT2D eigenvalue weighted by Crippen LogP contribution is 2.27. The third kappa shape index (κ3) is 13.2. The van der Waals surface area contributed by atoms with Crippen LogP contribution in [0.1, 0.15) is 91.6 Å². The number of H-pyrrole nitrogens is 1. The number of aliphatic hydroxyl groups excluding tert-OH is 2. The predicted octanol–water partition coefficient (Wildman–Crippen LogP) is 4.32. The first kappa shape index (κ1) is 44.6. The Hall–Kier alpha value is -4.75. The van der Waals surface area contributed by atoms with E-state index in [2.05, 4.69) is 38.2 Å². The molecule has 2 aromatic carbocycles. The largest absolute Gasteiger partial charge is 0.445 e. The van der Waals surface area contributed by atoms with Crippen molar-refractivity contribution in [1.29, 1.82) is 0 Å². The Bertz CT molecular complexity index is 1680. The Labute approximate surface area is 325 Å². The van der Waals surface area contributed by atoms with E-state index in [0.717, 1.165) is 45.4 Å². The molecule has 1 heterocycles. The number of alkyl carbamates (subject to hydrolysis) is 1. The van der Waals surface area contributed by atoms with Crippen molar-refractivity contribution >= 4 is 23.8 Å². The van der Waals surface area contributed by atoms with E-state index in [9.17, 15) is 29.4 Å². The lowest BCUT2D eigenvalue weighted by molar-refractivity contribution is -0.131. The van der Waals surface area contributed by atoms with Crippen molar-refractivity contribution < 1.29 is 34.1 Å². The number of nitrogens with one attached hydrogen (secondary N) is 5. The molecule has 0 saturated carbocycles. The Balaban J connectivity index is 1.90. The van der Waals surface area contributed by atoms with Crippen LogP contribution < -0.4 is 21.3 Å². The van der Waals surface area contributed by atoms with Crippen molar-refractivity contribution in [2.45, 2.75) is 131 Å². The molecule has 302 valence electrons. The van der Waals surface area contributed by atoms with Gasteiger partial charge in [-0.15, -0.1) is 0 Å². The summed E-state index contributed by atoms with van der Waals surface area (Å²) in [6.07, 6.45) is 1.95. The van der Waals surface area contributed by atoms with E-state index in [1.54, 1.807) is 6.20 Å². The number of carbonyl (C=O) groups is 4. The van der Waals surface area contributed by atoms with Crippen LogP contribution in [0.5, 0.6) is 0 Å². The summed E-state index contributed by atoms with van der Waals surface area (Å²) in [6.45, 7) is 17.6. The lowest BCUT2D eigenvalue weighted by atomic mass is 9.86. The number of benzene rings is 2. The fourth-order valence-electron chi connectivity index (χ4n) is 6.66. The molecule has 13 heteroatoms. The summed E-state index contributed by atoms with van der Waals surface area (Å²) >= 11 is 0. The number of carbonyl (C=O) groups excluding carboxylic acids is 4. The van der Waals surface area contributed by atoms with Gasteiger partial charge in [0.2, 0.25) is 17.7 Å². The van der Waals surface area contributed by atoms with Crippen LogP contribution in [0.25, 0.3) is 0 Å². The zero-order valence-corrected chi connectivity index (χ0v) is 33.9. The highest BCUT2D eigenvalue weighted by molar-refractivity contribution is 5.92. The van der Waals surface area contributed by atoms with Gasteiger partial charge in [0.05, 0.1) is 37.5 Å². The third-order valence-corrected chi connectivity index (χ3v) is 10.8. The highest BCUT2D eigenvalue weighted by Gasteiger charge is 2.33. The first-order valence-corrected chi connectivity index (χ1v) is 19.2. The Morgan fingerprint density at radius 2 is 1.40 bits per heavy atom. The molecular weight excluding hydrogens is 700 g/mol. The molecule has 3 rings (SSSR count). The minimum Gasteiger partial charge on any atom is -0.445 e. The number of amides is 4. The summed E-state index contributed by atoms with van der Waals surface area (Å²) < 4.78 is 5.51. The molecule has 1 aromatic heterocycles. The average molecular weight is 763 g/mol. The molecular formula is C42H62N6O7. The lowest BCUT2D eigenvalue weighted by Crippen LogP contribution is -2.57. The molecule has 0 aliphatic rings. The fraction of sp³-hybridized carbons (Fsp3) is 0.548. The topological polar surface area (TPSA) is 195 Å². The number of ether oxygens (including phenoxy) is 1. The molecule has 3 aromatic rings. The molecule has 13 nitrogen and oxygen atoms in total. The molecule has 0 bridgehead atoms. The summed E-state index contributed by atoms with van der Waals surface area (Å²) in [4.78, 5) is 61.6. The van der Waals surface area contributed by atoms with Gasteiger partial charge in [0.15, 0.2) is 0 Å². The maximum Gasteiger partial charge on any atom is 0.408 e. The van der Waals surface area contributed by atoms with E-state index >= 15 is 0 Å². The number of nitrogens with zero attached hydrogens (tertiary/aromatic N) is 1. The smallest absolute Gasteiger partial charge is 0.408 e. The van der Waals surface area contributed by atoms with Crippen molar-refractivity contribution in [2.75, 3.05) is 6.61 Å². The minimum absolute atomic E-state index is 0.00253. The molecule has 0 aliphatic carbocycles. The van der Waals surface area contributed by atoms with Crippen molar-refractivity contribution in [1.82, 2.24) is 31.2 Å². The van der Waals surface area contributed by atoms with Crippen LogP contribution in [-0.2, 0) is 38.6 Å². The summed E-state index contributed by atoms with van der Waals surface area (Å²) in [6, 6.07) is 5.63. The van der Waals surface area contributed by atoms with Crippen LogP contribution in [0, 0.1) is 46.5 Å². The average Bonchev–Trinajstić information content (AvgIpc) is 3.68. The van der Waals surface area contributed by atoms with Gasteiger partial charge in [0, 0.05) is 24.7 Å². The maximum absolute atomic E-state index is 14.3. The SMILES string of the molecule is CC[C@H](C)[C@@H](CO)NC(=O)C[C@H](O)[C@H](CC(C)C)NC(=O)[C@H](Cc1cnc[nH]1)NC(=O)[C@H](Cc1c(C)c(C)c(C)c(C)c1C)NC(=O)OCc1ccccc1. The molecule has 0 unspecified atom stereocenters. The number of hydrogen-bond donors (Lipinski definition) is 7. The Kier molecular flexibility index (Phi) is 17.3. The van der Waals surface area contributed by atoms with Gasteiger partial charge in [-0.05, 0) is 91.8 Å². The second-order valence-electron chi connectivity index (χ2n) is 15.2. The number of rotatable bonds is 20. The van der Waals surface area contributed by atoms with Gasteiger partial charge in [-0.2, -0.15) is 0 Å². The molecule has 4 amide bonds. The number of aliphatic hydroxyl groups is 2. The van der Waals surface area contributed by atoms with E-state index in [1.807, 2.05) is 85.7 Å². The molecule has 0 saturated heterocycles. The van der Waals surface area contributed by atoms with Crippen LogP contribution in [-0.4, -0.2) is 80.9 Å². The van der Waals surface area contributed by atoms with Crippen LogP contribution in [0.2, 0.25) is 0 Å². The van der Waals surface area contributed by atoms with E-state index in [0.29, 0.717) is 12.1 Å². The summed E-state index contributed by atoms with van der Waals surface area (Å²) in [5.74, 6) is -1.57. The molecule has 0 radical (unpaired) electrons. The second kappa shape index (κ2) is 21.4. The Morgan fingerprint density at radius 3 is 1.96 bits per heavy atom. The van der Waals surface area contributed by atoms with Crippen molar-refractivity contribution in [3.05, 3.63) is 87.5 Å². The first-order valence-electron chi connectivity index (χ1n) is 19.2. The van der Waals surface area contributed by atoms with Gasteiger partial charge in [0.1, 0.15) is 18.7 Å². The van der Waals surface area contributed by atoms with Crippen LogP contribution in [0.4, 0.5) is 4.79 Å². The van der Waals surface area contributed by atoms with Gasteiger partial charge >= 0.3 is 6.09 Å². The van der Waals surface area contributed by atoms with Gasteiger partial charge in [-0.1, -0.05) is 64.4 Å². The molecule has 6 atom stereocenters. The molecule has 0 fully saturated rings. The van der Waals surface area contributed by atoms with Crippen molar-refractivity contribution in [3.63, 3.8) is 0 Å². The number of hydrogen-bond acceptors (Lipinski definition) is 8. The minimum atomic E-state index is -1.25. The molecule has 55 heavy (non-hydrogen) atoms. The van der Waals surface area contributed by atoms with E-state index in [1.165, 1.54) is 6.33 Å². The number of aromatic nitrogens is 2. The summed E-state index contributed by atoms with van der Waals surface area (Å²) in [5.41, 5.74) is 7.63. The summed E-state index contributed by atoms with van der Waals surface area (Å²) in [5, 5.41) is 32.4. The summed E-state index contributed by atoms with van der Waals surface area (Å²) in [7, 11) is 0. The van der Waals surface area contributed by atoms with Gasteiger partial charge < -0.3 is 41.2 Å². The third-order valence-electron chi connectivity index (χ3n) is 10.8. The van der Waals surface area contributed by atoms with E-state index in [-0.39, 0.29) is 44.3 Å². The van der Waals surface area contributed by atoms with Crippen LogP contribution in [0.3, 0.4) is 0 Å². The molecule has 7 N–H and O–H groups in total. The zero-order chi connectivity index (χ0) is 40.8. The van der Waals surface area contributed by atoms with Crippen molar-refractivity contribution in [2.24, 2.45) is 11.8 Å². The number of imidazole rings is 1. The second-order valence-corrected chi connectivity index (χ2v) is 15.2. The van der Waals surface area contributed by atoms with Gasteiger partial charge in [-0.3, -0.25) is 14.4 Å².